The second-order valence-corrected chi connectivity index (χ2v) is 5.41. The highest BCUT2D eigenvalue weighted by Gasteiger charge is 2.23. The summed E-state index contributed by atoms with van der Waals surface area (Å²) in [6.07, 6.45) is 7.93. The Morgan fingerprint density at radius 1 is 1.67 bits per heavy atom. The van der Waals surface area contributed by atoms with E-state index in [9.17, 15) is 0 Å². The summed E-state index contributed by atoms with van der Waals surface area (Å²) in [5.41, 5.74) is 7.45. The molecule has 2 atom stereocenters. The first-order valence-electron chi connectivity index (χ1n) is 5.71. The van der Waals surface area contributed by atoms with Crippen molar-refractivity contribution in [1.29, 1.82) is 0 Å². The van der Waals surface area contributed by atoms with E-state index in [2.05, 4.69) is 18.2 Å². The lowest BCUT2D eigenvalue weighted by Crippen LogP contribution is -2.25. The fourth-order valence-electron chi connectivity index (χ4n) is 1.99. The Morgan fingerprint density at radius 3 is 3.13 bits per heavy atom. The second-order valence-electron chi connectivity index (χ2n) is 4.06. The number of nitrogens with zero attached hydrogens (tertiary/aromatic N) is 2. The van der Waals surface area contributed by atoms with Crippen LogP contribution in [0.1, 0.15) is 37.8 Å². The van der Waals surface area contributed by atoms with Gasteiger partial charge in [-0.3, -0.25) is 4.68 Å². The van der Waals surface area contributed by atoms with Gasteiger partial charge in [-0.15, -0.1) is 0 Å². The van der Waals surface area contributed by atoms with Gasteiger partial charge in [0.25, 0.3) is 0 Å². The molecular formula is C11H19N3S. The normalized spacial score (nSPS) is 24.0. The maximum Gasteiger partial charge on any atom is 0.0537 e. The van der Waals surface area contributed by atoms with Gasteiger partial charge in [0, 0.05) is 29.6 Å². The van der Waals surface area contributed by atoms with Gasteiger partial charge in [0.15, 0.2) is 0 Å². The van der Waals surface area contributed by atoms with Crippen LogP contribution in [0.15, 0.2) is 12.4 Å². The standard InChI is InChI=1S/C11H19N3S/c1-2-14-8-9(7-13-14)11(12)10-5-3-4-6-15-10/h7-8,10-11H,2-6,12H2,1H3. The van der Waals surface area contributed by atoms with Crippen LogP contribution < -0.4 is 5.73 Å². The molecule has 0 aliphatic carbocycles. The molecule has 15 heavy (non-hydrogen) atoms. The SMILES string of the molecule is CCn1cc(C(N)C2CCCCS2)cn1. The number of hydrogen-bond donors (Lipinski definition) is 1. The van der Waals surface area contributed by atoms with Crippen molar-refractivity contribution in [2.45, 2.75) is 44.0 Å². The molecule has 0 radical (unpaired) electrons. The minimum absolute atomic E-state index is 0.163. The van der Waals surface area contributed by atoms with Crippen LogP contribution in [0.5, 0.6) is 0 Å². The molecule has 1 saturated heterocycles. The largest absolute Gasteiger partial charge is 0.323 e. The second kappa shape index (κ2) is 5.03. The topological polar surface area (TPSA) is 43.8 Å². The van der Waals surface area contributed by atoms with Crippen LogP contribution in [0.3, 0.4) is 0 Å². The summed E-state index contributed by atoms with van der Waals surface area (Å²) < 4.78 is 1.95. The van der Waals surface area contributed by atoms with Gasteiger partial charge in [-0.05, 0) is 25.5 Å². The number of aryl methyl sites for hydroxylation is 1. The van der Waals surface area contributed by atoms with Gasteiger partial charge in [0.05, 0.1) is 6.20 Å². The van der Waals surface area contributed by atoms with Gasteiger partial charge in [0.1, 0.15) is 0 Å². The number of aromatic nitrogens is 2. The first-order chi connectivity index (χ1) is 7.31. The molecule has 2 unspecified atom stereocenters. The third-order valence-electron chi connectivity index (χ3n) is 2.98. The molecule has 0 aromatic carbocycles. The Hall–Kier alpha value is -0.480. The lowest BCUT2D eigenvalue weighted by molar-refractivity contribution is 0.580. The minimum Gasteiger partial charge on any atom is -0.323 e. The van der Waals surface area contributed by atoms with Gasteiger partial charge >= 0.3 is 0 Å². The molecule has 0 spiro atoms. The van der Waals surface area contributed by atoms with Crippen molar-refractivity contribution in [3.05, 3.63) is 18.0 Å². The molecule has 1 aliphatic rings. The smallest absolute Gasteiger partial charge is 0.0537 e. The van der Waals surface area contributed by atoms with Gasteiger partial charge in [0.2, 0.25) is 0 Å². The first-order valence-corrected chi connectivity index (χ1v) is 6.75. The van der Waals surface area contributed by atoms with Crippen molar-refractivity contribution in [3.63, 3.8) is 0 Å². The zero-order chi connectivity index (χ0) is 10.7. The zero-order valence-electron chi connectivity index (χ0n) is 9.22. The molecule has 1 aromatic heterocycles. The van der Waals surface area contributed by atoms with Gasteiger partial charge < -0.3 is 5.73 Å². The van der Waals surface area contributed by atoms with E-state index in [4.69, 9.17) is 5.73 Å². The molecule has 84 valence electrons. The van der Waals surface area contributed by atoms with Crippen molar-refractivity contribution in [2.24, 2.45) is 5.73 Å². The Kier molecular flexibility index (Phi) is 3.70. The van der Waals surface area contributed by atoms with E-state index in [0.717, 1.165) is 6.54 Å². The molecule has 0 bridgehead atoms. The van der Waals surface area contributed by atoms with E-state index >= 15 is 0 Å². The Bertz CT molecular complexity index is 305. The molecule has 2 N–H and O–H groups in total. The molecule has 0 amide bonds. The number of thioether (sulfide) groups is 1. The maximum absolute atomic E-state index is 6.26. The van der Waals surface area contributed by atoms with E-state index in [0.29, 0.717) is 5.25 Å². The Morgan fingerprint density at radius 2 is 2.53 bits per heavy atom. The highest BCUT2D eigenvalue weighted by atomic mass is 32.2. The summed E-state index contributed by atoms with van der Waals surface area (Å²) in [5, 5.41) is 4.87. The number of nitrogens with two attached hydrogens (primary N) is 1. The summed E-state index contributed by atoms with van der Waals surface area (Å²) in [6.45, 7) is 3.02. The molecular weight excluding hydrogens is 206 g/mol. The Balaban J connectivity index is 2.02. The summed E-state index contributed by atoms with van der Waals surface area (Å²) in [4.78, 5) is 0. The lowest BCUT2D eigenvalue weighted by atomic mass is 10.0. The average molecular weight is 225 g/mol. The molecule has 0 saturated carbocycles. The Labute approximate surface area is 95.4 Å². The van der Waals surface area contributed by atoms with Gasteiger partial charge in [-0.2, -0.15) is 16.9 Å². The predicted molar refractivity (Wildman–Crippen MR) is 64.9 cm³/mol. The maximum atomic E-state index is 6.26. The third-order valence-corrected chi connectivity index (χ3v) is 4.46. The van der Waals surface area contributed by atoms with Crippen molar-refractivity contribution in [2.75, 3.05) is 5.75 Å². The third kappa shape index (κ3) is 2.55. The summed E-state index contributed by atoms with van der Waals surface area (Å²) in [5.74, 6) is 1.26. The molecule has 3 nitrogen and oxygen atoms in total. The van der Waals surface area contributed by atoms with Crippen molar-refractivity contribution in [1.82, 2.24) is 9.78 Å². The highest BCUT2D eigenvalue weighted by Crippen LogP contribution is 2.33. The highest BCUT2D eigenvalue weighted by molar-refractivity contribution is 8.00. The minimum atomic E-state index is 0.163. The summed E-state index contributed by atoms with van der Waals surface area (Å²) >= 11 is 2.02. The lowest BCUT2D eigenvalue weighted by Gasteiger charge is -2.26. The fourth-order valence-corrected chi connectivity index (χ4v) is 3.36. The van der Waals surface area contributed by atoms with Crippen LogP contribution in [0.4, 0.5) is 0 Å². The van der Waals surface area contributed by atoms with Gasteiger partial charge in [-0.1, -0.05) is 6.42 Å². The number of rotatable bonds is 3. The van der Waals surface area contributed by atoms with Crippen LogP contribution in [-0.2, 0) is 6.54 Å². The van der Waals surface area contributed by atoms with E-state index in [1.165, 1.54) is 30.6 Å². The van der Waals surface area contributed by atoms with Gasteiger partial charge in [-0.25, -0.2) is 0 Å². The monoisotopic (exact) mass is 225 g/mol. The van der Waals surface area contributed by atoms with E-state index in [1.54, 1.807) is 0 Å². The number of hydrogen-bond acceptors (Lipinski definition) is 3. The predicted octanol–water partition coefficient (Wildman–Crippen LogP) is 2.19. The molecule has 2 rings (SSSR count). The summed E-state index contributed by atoms with van der Waals surface area (Å²) in [7, 11) is 0. The van der Waals surface area contributed by atoms with Crippen LogP contribution in [0, 0.1) is 0 Å². The molecule has 4 heteroatoms. The van der Waals surface area contributed by atoms with Crippen LogP contribution >= 0.6 is 11.8 Å². The van der Waals surface area contributed by atoms with Crippen LogP contribution in [-0.4, -0.2) is 20.8 Å². The van der Waals surface area contributed by atoms with E-state index < -0.39 is 0 Å². The van der Waals surface area contributed by atoms with E-state index in [-0.39, 0.29) is 6.04 Å². The molecule has 1 aliphatic heterocycles. The van der Waals surface area contributed by atoms with Crippen LogP contribution in [0.2, 0.25) is 0 Å². The van der Waals surface area contributed by atoms with Crippen LogP contribution in [0.25, 0.3) is 0 Å². The molecule has 1 aromatic rings. The zero-order valence-corrected chi connectivity index (χ0v) is 10.0. The summed E-state index contributed by atoms with van der Waals surface area (Å²) in [6, 6.07) is 0.163. The average Bonchev–Trinajstić information content (AvgIpc) is 2.78. The quantitative estimate of drug-likeness (QED) is 0.857. The first kappa shape index (κ1) is 11.0. The fraction of sp³-hybridized carbons (Fsp3) is 0.727. The molecule has 2 heterocycles. The molecule has 1 fully saturated rings. The van der Waals surface area contributed by atoms with Crippen molar-refractivity contribution in [3.8, 4) is 0 Å². The van der Waals surface area contributed by atoms with E-state index in [1.807, 2.05) is 22.6 Å². The van der Waals surface area contributed by atoms with Crippen molar-refractivity contribution < 1.29 is 0 Å². The van der Waals surface area contributed by atoms with Crippen molar-refractivity contribution >= 4 is 11.8 Å².